The monoisotopic (exact) mass is 178 g/mol. The third-order valence-corrected chi connectivity index (χ3v) is 2.65. The standard InChI is InChI=1S/C9H19ClO/c1-3-5-9(10)8(2)6-4-7-11/h8-9,11H,3-7H2,1-2H3/t8?,9-/m1/s1. The van der Waals surface area contributed by atoms with Gasteiger partial charge in [0, 0.05) is 12.0 Å². The zero-order valence-electron chi connectivity index (χ0n) is 7.52. The van der Waals surface area contributed by atoms with E-state index in [0.717, 1.165) is 25.7 Å². The number of aliphatic hydroxyl groups excluding tert-OH is 1. The van der Waals surface area contributed by atoms with Crippen molar-refractivity contribution in [2.45, 2.75) is 44.9 Å². The molecule has 0 heterocycles. The van der Waals surface area contributed by atoms with Crippen LogP contribution in [0.15, 0.2) is 0 Å². The van der Waals surface area contributed by atoms with E-state index in [2.05, 4.69) is 13.8 Å². The lowest BCUT2D eigenvalue weighted by atomic mass is 9.99. The molecule has 0 aromatic rings. The van der Waals surface area contributed by atoms with Gasteiger partial charge in [-0.3, -0.25) is 0 Å². The molecule has 0 aromatic carbocycles. The predicted molar refractivity (Wildman–Crippen MR) is 50.0 cm³/mol. The van der Waals surface area contributed by atoms with Crippen molar-refractivity contribution in [3.63, 3.8) is 0 Å². The van der Waals surface area contributed by atoms with Crippen LogP contribution in [0.4, 0.5) is 0 Å². The first-order chi connectivity index (χ1) is 5.22. The van der Waals surface area contributed by atoms with Crippen LogP contribution in [-0.4, -0.2) is 17.1 Å². The molecule has 1 nitrogen and oxygen atoms in total. The molecule has 0 saturated carbocycles. The number of hydrogen-bond acceptors (Lipinski definition) is 1. The van der Waals surface area contributed by atoms with Gasteiger partial charge in [-0.15, -0.1) is 11.6 Å². The molecule has 1 unspecified atom stereocenters. The van der Waals surface area contributed by atoms with Crippen molar-refractivity contribution in [2.24, 2.45) is 5.92 Å². The van der Waals surface area contributed by atoms with Crippen molar-refractivity contribution < 1.29 is 5.11 Å². The molecule has 0 aliphatic heterocycles. The van der Waals surface area contributed by atoms with E-state index in [1.54, 1.807) is 0 Å². The van der Waals surface area contributed by atoms with E-state index in [4.69, 9.17) is 16.7 Å². The second-order valence-electron chi connectivity index (χ2n) is 3.15. The fourth-order valence-electron chi connectivity index (χ4n) is 1.15. The van der Waals surface area contributed by atoms with Crippen LogP contribution < -0.4 is 0 Å². The predicted octanol–water partition coefficient (Wildman–Crippen LogP) is 2.80. The molecule has 0 aliphatic rings. The van der Waals surface area contributed by atoms with Crippen molar-refractivity contribution in [3.05, 3.63) is 0 Å². The van der Waals surface area contributed by atoms with E-state index in [-0.39, 0.29) is 0 Å². The molecule has 0 fully saturated rings. The lowest BCUT2D eigenvalue weighted by Gasteiger charge is -2.16. The summed E-state index contributed by atoms with van der Waals surface area (Å²) in [6.45, 7) is 4.59. The Hall–Kier alpha value is 0.250. The number of rotatable bonds is 6. The lowest BCUT2D eigenvalue weighted by Crippen LogP contribution is -2.11. The summed E-state index contributed by atoms with van der Waals surface area (Å²) in [6.07, 6.45) is 4.17. The Labute approximate surface area is 74.8 Å². The molecule has 2 atom stereocenters. The van der Waals surface area contributed by atoms with Gasteiger partial charge in [-0.05, 0) is 25.2 Å². The Morgan fingerprint density at radius 3 is 2.45 bits per heavy atom. The minimum atomic E-state index is 0.292. The van der Waals surface area contributed by atoms with Crippen molar-refractivity contribution >= 4 is 11.6 Å². The third kappa shape index (κ3) is 5.51. The maximum Gasteiger partial charge on any atom is 0.0431 e. The van der Waals surface area contributed by atoms with Crippen molar-refractivity contribution in [3.8, 4) is 0 Å². The maximum atomic E-state index is 8.58. The second-order valence-corrected chi connectivity index (χ2v) is 3.71. The van der Waals surface area contributed by atoms with E-state index < -0.39 is 0 Å². The average Bonchev–Trinajstić information content (AvgIpc) is 2.00. The van der Waals surface area contributed by atoms with Gasteiger partial charge in [0.1, 0.15) is 0 Å². The molecule has 0 spiro atoms. The Morgan fingerprint density at radius 2 is 2.00 bits per heavy atom. The van der Waals surface area contributed by atoms with E-state index in [1.807, 2.05) is 0 Å². The van der Waals surface area contributed by atoms with Gasteiger partial charge in [-0.2, -0.15) is 0 Å². The number of halogens is 1. The van der Waals surface area contributed by atoms with Gasteiger partial charge >= 0.3 is 0 Å². The smallest absolute Gasteiger partial charge is 0.0431 e. The molecule has 0 aromatic heterocycles. The molecule has 0 radical (unpaired) electrons. The van der Waals surface area contributed by atoms with Crippen LogP contribution >= 0.6 is 11.6 Å². The molecular formula is C9H19ClO. The first kappa shape index (κ1) is 11.2. The van der Waals surface area contributed by atoms with Crippen LogP contribution in [0.5, 0.6) is 0 Å². The molecule has 0 amide bonds. The van der Waals surface area contributed by atoms with Crippen LogP contribution in [0.2, 0.25) is 0 Å². The molecule has 0 bridgehead atoms. The van der Waals surface area contributed by atoms with Crippen LogP contribution in [0.3, 0.4) is 0 Å². The van der Waals surface area contributed by atoms with E-state index in [0.29, 0.717) is 17.9 Å². The Kier molecular flexibility index (Phi) is 7.09. The Balaban J connectivity index is 3.38. The summed E-state index contributed by atoms with van der Waals surface area (Å²) in [5, 5.41) is 8.88. The highest BCUT2D eigenvalue weighted by Gasteiger charge is 2.12. The van der Waals surface area contributed by atoms with Gasteiger partial charge in [0.15, 0.2) is 0 Å². The first-order valence-corrected chi connectivity index (χ1v) is 4.91. The number of aliphatic hydroxyl groups is 1. The van der Waals surface area contributed by atoms with Crippen LogP contribution in [0.1, 0.15) is 39.5 Å². The van der Waals surface area contributed by atoms with Crippen LogP contribution in [-0.2, 0) is 0 Å². The highest BCUT2D eigenvalue weighted by atomic mass is 35.5. The van der Waals surface area contributed by atoms with Crippen molar-refractivity contribution in [1.82, 2.24) is 0 Å². The van der Waals surface area contributed by atoms with E-state index in [1.165, 1.54) is 0 Å². The topological polar surface area (TPSA) is 20.2 Å². The van der Waals surface area contributed by atoms with E-state index in [9.17, 15) is 0 Å². The Bertz CT molecular complexity index is 85.6. The molecule has 0 saturated heterocycles. The average molecular weight is 179 g/mol. The summed E-state index contributed by atoms with van der Waals surface area (Å²) in [5.74, 6) is 0.545. The normalized spacial score (nSPS) is 16.4. The summed E-state index contributed by atoms with van der Waals surface area (Å²) in [5.41, 5.74) is 0. The van der Waals surface area contributed by atoms with Gasteiger partial charge in [-0.25, -0.2) is 0 Å². The lowest BCUT2D eigenvalue weighted by molar-refractivity contribution is 0.271. The van der Waals surface area contributed by atoms with E-state index >= 15 is 0 Å². The minimum Gasteiger partial charge on any atom is -0.396 e. The zero-order valence-corrected chi connectivity index (χ0v) is 8.27. The van der Waals surface area contributed by atoms with Gasteiger partial charge in [0.2, 0.25) is 0 Å². The molecule has 0 aliphatic carbocycles. The summed E-state index contributed by atoms with van der Waals surface area (Å²) < 4.78 is 0. The molecule has 0 rings (SSSR count). The largest absolute Gasteiger partial charge is 0.396 e. The summed E-state index contributed by atoms with van der Waals surface area (Å²) >= 11 is 6.09. The maximum absolute atomic E-state index is 8.58. The highest BCUT2D eigenvalue weighted by molar-refractivity contribution is 6.20. The van der Waals surface area contributed by atoms with Crippen molar-refractivity contribution in [2.75, 3.05) is 6.61 Å². The Morgan fingerprint density at radius 1 is 1.36 bits per heavy atom. The van der Waals surface area contributed by atoms with Gasteiger partial charge < -0.3 is 5.11 Å². The summed E-state index contributed by atoms with van der Waals surface area (Å²) in [4.78, 5) is 0. The number of hydrogen-bond donors (Lipinski definition) is 1. The molecular weight excluding hydrogens is 160 g/mol. The second kappa shape index (κ2) is 6.93. The molecule has 2 heteroatoms. The molecule has 1 N–H and O–H groups in total. The minimum absolute atomic E-state index is 0.292. The first-order valence-electron chi connectivity index (χ1n) is 4.47. The van der Waals surface area contributed by atoms with Crippen LogP contribution in [0, 0.1) is 5.92 Å². The third-order valence-electron chi connectivity index (χ3n) is 2.00. The van der Waals surface area contributed by atoms with Gasteiger partial charge in [0.25, 0.3) is 0 Å². The molecule has 11 heavy (non-hydrogen) atoms. The van der Waals surface area contributed by atoms with Crippen LogP contribution in [0.25, 0.3) is 0 Å². The highest BCUT2D eigenvalue weighted by Crippen LogP contribution is 2.20. The zero-order chi connectivity index (χ0) is 8.69. The quantitative estimate of drug-likeness (QED) is 0.621. The van der Waals surface area contributed by atoms with Crippen molar-refractivity contribution in [1.29, 1.82) is 0 Å². The molecule has 68 valence electrons. The fourth-order valence-corrected chi connectivity index (χ4v) is 1.50. The summed E-state index contributed by atoms with van der Waals surface area (Å²) in [7, 11) is 0. The van der Waals surface area contributed by atoms with Gasteiger partial charge in [-0.1, -0.05) is 20.3 Å². The summed E-state index contributed by atoms with van der Waals surface area (Å²) in [6, 6.07) is 0. The number of alkyl halides is 1. The SMILES string of the molecule is CCC[C@@H](Cl)C(C)CCCO. The fraction of sp³-hybridized carbons (Fsp3) is 1.00. The van der Waals surface area contributed by atoms with Gasteiger partial charge in [0.05, 0.1) is 0 Å².